The zero-order valence-corrected chi connectivity index (χ0v) is 13.3. The topological polar surface area (TPSA) is 49.3 Å². The number of pyridine rings is 1. The van der Waals surface area contributed by atoms with Crippen molar-refractivity contribution in [1.82, 2.24) is 15.6 Å². The fraction of sp³-hybridized carbons (Fsp3) is 0.333. The summed E-state index contributed by atoms with van der Waals surface area (Å²) in [5, 5.41) is 6.59. The Morgan fingerprint density at radius 1 is 1.05 bits per heavy atom. The molecule has 1 aromatic carbocycles. The summed E-state index contributed by atoms with van der Waals surface area (Å²) < 4.78 is 0. The van der Waals surface area contributed by atoms with Crippen LogP contribution in [0.25, 0.3) is 0 Å². The zero-order valence-electron chi connectivity index (χ0n) is 13.3. The molecule has 0 aliphatic rings. The van der Waals surface area contributed by atoms with Gasteiger partial charge in [0.05, 0.1) is 12.2 Å². The summed E-state index contributed by atoms with van der Waals surface area (Å²) in [6.45, 7) is 3.70. The smallest absolute Gasteiger partial charge is 0.191 e. The van der Waals surface area contributed by atoms with Gasteiger partial charge in [-0.1, -0.05) is 37.3 Å². The Hall–Kier alpha value is -2.36. The summed E-state index contributed by atoms with van der Waals surface area (Å²) in [4.78, 5) is 8.51. The van der Waals surface area contributed by atoms with Crippen LogP contribution in [0.4, 0.5) is 0 Å². The molecule has 0 saturated heterocycles. The molecule has 2 N–H and O–H groups in total. The second-order valence-electron chi connectivity index (χ2n) is 5.09. The highest BCUT2D eigenvalue weighted by Gasteiger charge is 1.99. The molecule has 2 rings (SSSR count). The minimum absolute atomic E-state index is 0.672. The third-order valence-electron chi connectivity index (χ3n) is 3.52. The van der Waals surface area contributed by atoms with Crippen molar-refractivity contribution in [2.45, 2.75) is 26.3 Å². The molecule has 0 atom stereocenters. The number of hydrogen-bond donors (Lipinski definition) is 2. The van der Waals surface area contributed by atoms with Gasteiger partial charge in [0.2, 0.25) is 0 Å². The second kappa shape index (κ2) is 8.82. The molecular weight excluding hydrogens is 272 g/mol. The largest absolute Gasteiger partial charge is 0.356 e. The van der Waals surface area contributed by atoms with Crippen LogP contribution in [0.1, 0.15) is 23.7 Å². The van der Waals surface area contributed by atoms with Crippen molar-refractivity contribution in [2.75, 3.05) is 13.6 Å². The summed E-state index contributed by atoms with van der Waals surface area (Å²) >= 11 is 0. The lowest BCUT2D eigenvalue weighted by Crippen LogP contribution is -2.38. The first-order valence-corrected chi connectivity index (χ1v) is 7.74. The number of rotatable bonds is 6. The highest BCUT2D eigenvalue weighted by Crippen LogP contribution is 2.05. The van der Waals surface area contributed by atoms with Gasteiger partial charge < -0.3 is 10.6 Å². The lowest BCUT2D eigenvalue weighted by atomic mass is 10.1. The SMILES string of the molecule is CCc1ccc(CCNC(=NC)NCc2ccccn2)cc1. The van der Waals surface area contributed by atoms with Gasteiger partial charge in [-0.15, -0.1) is 0 Å². The van der Waals surface area contributed by atoms with E-state index in [1.54, 1.807) is 13.2 Å². The Kier molecular flexibility index (Phi) is 6.42. The fourth-order valence-electron chi connectivity index (χ4n) is 2.16. The average Bonchev–Trinajstić information content (AvgIpc) is 2.59. The van der Waals surface area contributed by atoms with Crippen LogP contribution in [0.2, 0.25) is 0 Å². The molecule has 0 fully saturated rings. The maximum Gasteiger partial charge on any atom is 0.191 e. The first kappa shape index (κ1) is 16.0. The van der Waals surface area contributed by atoms with Crippen molar-refractivity contribution >= 4 is 5.96 Å². The monoisotopic (exact) mass is 296 g/mol. The maximum atomic E-state index is 4.28. The van der Waals surface area contributed by atoms with Crippen LogP contribution in [0.3, 0.4) is 0 Å². The number of aromatic nitrogens is 1. The van der Waals surface area contributed by atoms with E-state index >= 15 is 0 Å². The van der Waals surface area contributed by atoms with E-state index in [0.29, 0.717) is 6.54 Å². The van der Waals surface area contributed by atoms with Gasteiger partial charge in [0, 0.05) is 19.8 Å². The lowest BCUT2D eigenvalue weighted by Gasteiger charge is -2.11. The molecule has 0 saturated carbocycles. The first-order chi connectivity index (χ1) is 10.8. The number of guanidine groups is 1. The molecule has 0 spiro atoms. The molecular formula is C18H24N4. The minimum Gasteiger partial charge on any atom is -0.356 e. The van der Waals surface area contributed by atoms with Crippen LogP contribution in [-0.4, -0.2) is 24.5 Å². The van der Waals surface area contributed by atoms with E-state index in [0.717, 1.165) is 31.0 Å². The van der Waals surface area contributed by atoms with Gasteiger partial charge in [-0.05, 0) is 36.1 Å². The predicted molar refractivity (Wildman–Crippen MR) is 92.0 cm³/mol. The van der Waals surface area contributed by atoms with Crippen molar-refractivity contribution in [2.24, 2.45) is 4.99 Å². The molecule has 0 amide bonds. The quantitative estimate of drug-likeness (QED) is 0.636. The molecule has 116 valence electrons. The summed E-state index contributed by atoms with van der Waals surface area (Å²) in [5.41, 5.74) is 3.72. The molecule has 0 radical (unpaired) electrons. The predicted octanol–water partition coefficient (Wildman–Crippen LogP) is 2.55. The number of aryl methyl sites for hydroxylation is 1. The second-order valence-corrected chi connectivity index (χ2v) is 5.09. The van der Waals surface area contributed by atoms with E-state index in [-0.39, 0.29) is 0 Å². The molecule has 4 heteroatoms. The van der Waals surface area contributed by atoms with Crippen LogP contribution in [0.5, 0.6) is 0 Å². The summed E-state index contributed by atoms with van der Waals surface area (Å²) in [7, 11) is 1.78. The molecule has 2 aromatic rings. The van der Waals surface area contributed by atoms with Gasteiger partial charge in [-0.25, -0.2) is 0 Å². The standard InChI is InChI=1S/C18H24N4/c1-3-15-7-9-16(10-8-15)11-13-21-18(19-2)22-14-17-6-4-5-12-20-17/h4-10,12H,3,11,13-14H2,1-2H3,(H2,19,21,22). The van der Waals surface area contributed by atoms with Crippen molar-refractivity contribution in [1.29, 1.82) is 0 Å². The average molecular weight is 296 g/mol. The van der Waals surface area contributed by atoms with E-state index < -0.39 is 0 Å². The van der Waals surface area contributed by atoms with E-state index in [1.807, 2.05) is 18.2 Å². The van der Waals surface area contributed by atoms with E-state index in [1.165, 1.54) is 11.1 Å². The zero-order chi connectivity index (χ0) is 15.6. The lowest BCUT2D eigenvalue weighted by molar-refractivity contribution is 0.783. The highest BCUT2D eigenvalue weighted by molar-refractivity contribution is 5.79. The number of nitrogens with zero attached hydrogens (tertiary/aromatic N) is 2. The van der Waals surface area contributed by atoms with E-state index in [9.17, 15) is 0 Å². The Balaban J connectivity index is 1.74. The van der Waals surface area contributed by atoms with Gasteiger partial charge in [0.1, 0.15) is 0 Å². The Labute approximate surface area is 132 Å². The molecule has 1 aromatic heterocycles. The van der Waals surface area contributed by atoms with Crippen molar-refractivity contribution in [3.63, 3.8) is 0 Å². The third kappa shape index (κ3) is 5.20. The molecule has 22 heavy (non-hydrogen) atoms. The third-order valence-corrected chi connectivity index (χ3v) is 3.52. The van der Waals surface area contributed by atoms with Crippen molar-refractivity contribution in [3.8, 4) is 0 Å². The van der Waals surface area contributed by atoms with Gasteiger partial charge in [0.15, 0.2) is 5.96 Å². The van der Waals surface area contributed by atoms with Crippen molar-refractivity contribution < 1.29 is 0 Å². The molecule has 0 aliphatic carbocycles. The van der Waals surface area contributed by atoms with E-state index in [2.05, 4.69) is 51.8 Å². The number of nitrogens with one attached hydrogen (secondary N) is 2. The Morgan fingerprint density at radius 3 is 2.45 bits per heavy atom. The summed E-state index contributed by atoms with van der Waals surface area (Å²) in [5.74, 6) is 0.802. The summed E-state index contributed by atoms with van der Waals surface area (Å²) in [6, 6.07) is 14.7. The Morgan fingerprint density at radius 2 is 1.82 bits per heavy atom. The fourth-order valence-corrected chi connectivity index (χ4v) is 2.16. The first-order valence-electron chi connectivity index (χ1n) is 7.74. The van der Waals surface area contributed by atoms with Crippen molar-refractivity contribution in [3.05, 3.63) is 65.5 Å². The van der Waals surface area contributed by atoms with Gasteiger partial charge in [0.25, 0.3) is 0 Å². The molecule has 4 nitrogen and oxygen atoms in total. The van der Waals surface area contributed by atoms with Crippen LogP contribution in [-0.2, 0) is 19.4 Å². The van der Waals surface area contributed by atoms with Crippen LogP contribution < -0.4 is 10.6 Å². The number of hydrogen-bond acceptors (Lipinski definition) is 2. The highest BCUT2D eigenvalue weighted by atomic mass is 15.2. The number of benzene rings is 1. The van der Waals surface area contributed by atoms with Crippen LogP contribution in [0.15, 0.2) is 53.7 Å². The van der Waals surface area contributed by atoms with Gasteiger partial charge in [-0.3, -0.25) is 9.98 Å². The Bertz CT molecular complexity index is 576. The van der Waals surface area contributed by atoms with E-state index in [4.69, 9.17) is 0 Å². The van der Waals surface area contributed by atoms with Crippen LogP contribution >= 0.6 is 0 Å². The maximum absolute atomic E-state index is 4.28. The minimum atomic E-state index is 0.672. The molecule has 0 bridgehead atoms. The molecule has 0 unspecified atom stereocenters. The molecule has 1 heterocycles. The normalized spacial score (nSPS) is 11.3. The number of aliphatic imine (C=N–C) groups is 1. The van der Waals surface area contributed by atoms with Gasteiger partial charge >= 0.3 is 0 Å². The molecule has 0 aliphatic heterocycles. The van der Waals surface area contributed by atoms with Crippen LogP contribution in [0, 0.1) is 0 Å². The summed E-state index contributed by atoms with van der Waals surface area (Å²) in [6.07, 6.45) is 3.87. The van der Waals surface area contributed by atoms with Gasteiger partial charge in [-0.2, -0.15) is 0 Å².